The number of aliphatic hydroxyl groups is 1. The Kier molecular flexibility index (Phi) is 32.0. The second-order valence-electron chi connectivity index (χ2n) is 25.9. The lowest BCUT2D eigenvalue weighted by molar-refractivity contribution is -0.149. The molecule has 89 heavy (non-hydrogen) atoms. The van der Waals surface area contributed by atoms with Gasteiger partial charge in [0, 0.05) is 84.6 Å². The first kappa shape index (κ1) is 75.8. The molecule has 0 saturated carbocycles. The second-order valence-corrected chi connectivity index (χ2v) is 27.2. The molecular formula is C69H108N6O13S. The number of Topliss-reactive ketones (excluding diaryl/α,β-unsaturated/α-hetero) is 3. The third-order valence-corrected chi connectivity index (χ3v) is 19.5. The number of unbranched alkanes of at least 4 members (excludes halogenated alkanes) is 3. The fourth-order valence-electron chi connectivity index (χ4n) is 12.5. The summed E-state index contributed by atoms with van der Waals surface area (Å²) in [6.45, 7) is 21.7. The summed E-state index contributed by atoms with van der Waals surface area (Å²) in [7, 11) is 6.32. The second kappa shape index (κ2) is 37.6. The largest absolute Gasteiger partial charge is 0.445 e. The van der Waals surface area contributed by atoms with Crippen LogP contribution in [0.1, 0.15) is 177 Å². The minimum absolute atomic E-state index is 0.0317. The molecular weight excluding hydrogens is 1150 g/mol. The molecule has 2 aromatic rings. The Hall–Kier alpha value is -5.70. The summed E-state index contributed by atoms with van der Waals surface area (Å²) in [4.78, 5) is 129. The fourth-order valence-corrected chi connectivity index (χ4v) is 13.8. The molecule has 4 rings (SSSR count). The zero-order valence-corrected chi connectivity index (χ0v) is 56.9. The van der Waals surface area contributed by atoms with E-state index in [1.807, 2.05) is 99.6 Å². The Bertz CT molecular complexity index is 2600. The Morgan fingerprint density at radius 2 is 1.43 bits per heavy atom. The summed E-state index contributed by atoms with van der Waals surface area (Å²) < 4.78 is 17.9. The van der Waals surface area contributed by atoms with Crippen molar-refractivity contribution in [2.45, 2.75) is 214 Å². The minimum atomic E-state index is -0.912. The lowest BCUT2D eigenvalue weighted by Crippen LogP contribution is -2.54. The van der Waals surface area contributed by atoms with Gasteiger partial charge in [-0.2, -0.15) is 0 Å². The minimum Gasteiger partial charge on any atom is -0.445 e. The number of carbonyl (C=O) groups is 9. The first-order valence-corrected chi connectivity index (χ1v) is 33.7. The van der Waals surface area contributed by atoms with Crippen LogP contribution in [-0.2, 0) is 59.2 Å². The zero-order chi connectivity index (χ0) is 66.2. The van der Waals surface area contributed by atoms with Crippen LogP contribution < -0.4 is 10.6 Å². The van der Waals surface area contributed by atoms with Gasteiger partial charge in [0.1, 0.15) is 12.4 Å². The molecule has 2 fully saturated rings. The molecule has 2 heterocycles. The molecule has 0 aliphatic carbocycles. The van der Waals surface area contributed by atoms with Crippen LogP contribution in [0.3, 0.4) is 0 Å². The highest BCUT2D eigenvalue weighted by Crippen LogP contribution is 2.34. The summed E-state index contributed by atoms with van der Waals surface area (Å²) in [5.74, 6) is -3.14. The van der Waals surface area contributed by atoms with Crippen molar-refractivity contribution in [3.63, 3.8) is 0 Å². The zero-order valence-electron chi connectivity index (χ0n) is 56.1. The molecule has 2 unspecified atom stereocenters. The smallest absolute Gasteiger partial charge is 0.410 e. The number of anilines is 1. The van der Waals surface area contributed by atoms with Gasteiger partial charge < -0.3 is 44.7 Å². The van der Waals surface area contributed by atoms with E-state index in [9.17, 15) is 48.3 Å². The number of likely N-dealkylation sites (N-methyl/N-ethyl adjacent to an activating group) is 2. The number of benzene rings is 2. The van der Waals surface area contributed by atoms with Crippen LogP contribution in [0, 0.1) is 41.4 Å². The number of nitrogens with zero attached hydrogens (tertiary/aromatic N) is 4. The number of methoxy groups -OCH3 is 2. The number of rotatable bonds is 40. The number of amides is 6. The van der Waals surface area contributed by atoms with Crippen molar-refractivity contribution in [2.24, 2.45) is 41.4 Å². The van der Waals surface area contributed by atoms with Crippen LogP contribution in [0.2, 0.25) is 0 Å². The molecule has 498 valence electrons. The number of ether oxygens (including phenoxy) is 3. The maximum absolute atomic E-state index is 14.8. The van der Waals surface area contributed by atoms with Gasteiger partial charge in [-0.1, -0.05) is 138 Å². The molecule has 2 saturated heterocycles. The number of aliphatic hydroxyl groups excluding tert-OH is 1. The number of hydrogen-bond acceptors (Lipinski definition) is 15. The molecule has 0 aromatic heterocycles. The van der Waals surface area contributed by atoms with Gasteiger partial charge in [0.05, 0.1) is 60.7 Å². The molecule has 3 N–H and O–H groups in total. The molecule has 0 spiro atoms. The number of nitrogens with one attached hydrogen (secondary N) is 2. The van der Waals surface area contributed by atoms with Crippen molar-refractivity contribution >= 4 is 70.4 Å². The number of thioether (sulfide) groups is 1. The molecule has 2 aliphatic heterocycles. The van der Waals surface area contributed by atoms with Gasteiger partial charge in [-0.05, 0) is 90.7 Å². The number of hydrogen-bond donors (Lipinski definition) is 3. The van der Waals surface area contributed by atoms with Crippen molar-refractivity contribution in [1.82, 2.24) is 24.9 Å². The average Bonchev–Trinajstić information content (AvgIpc) is 3.21. The van der Waals surface area contributed by atoms with Crippen LogP contribution >= 0.6 is 11.8 Å². The maximum Gasteiger partial charge on any atom is 0.410 e. The topological polar surface area (TPSA) is 239 Å². The van der Waals surface area contributed by atoms with E-state index >= 15 is 0 Å². The number of imide groups is 1. The van der Waals surface area contributed by atoms with Crippen LogP contribution in [0.25, 0.3) is 0 Å². The van der Waals surface area contributed by atoms with Crippen molar-refractivity contribution in [3.05, 3.63) is 65.7 Å². The van der Waals surface area contributed by atoms with Crippen molar-refractivity contribution in [2.75, 3.05) is 59.0 Å². The van der Waals surface area contributed by atoms with Crippen molar-refractivity contribution in [3.8, 4) is 0 Å². The third kappa shape index (κ3) is 22.0. The molecule has 20 heteroatoms. The van der Waals surface area contributed by atoms with E-state index in [1.54, 1.807) is 60.0 Å². The summed E-state index contributed by atoms with van der Waals surface area (Å²) in [6, 6.07) is 13.8. The number of carbonyl (C=O) groups excluding carboxylic acids is 9. The Balaban J connectivity index is 1.30. The Labute approximate surface area is 535 Å². The van der Waals surface area contributed by atoms with Gasteiger partial charge in [0.15, 0.2) is 11.6 Å². The van der Waals surface area contributed by atoms with E-state index in [4.69, 9.17) is 14.2 Å². The van der Waals surface area contributed by atoms with E-state index in [-0.39, 0.29) is 133 Å². The summed E-state index contributed by atoms with van der Waals surface area (Å²) >= 11 is 1.55. The first-order chi connectivity index (χ1) is 42.2. The predicted octanol–water partition coefficient (Wildman–Crippen LogP) is 10.1. The average molecular weight is 1260 g/mol. The molecule has 12 atom stereocenters. The molecule has 2 aliphatic rings. The van der Waals surface area contributed by atoms with Gasteiger partial charge in [-0.3, -0.25) is 43.3 Å². The Morgan fingerprint density at radius 3 is 2.02 bits per heavy atom. The Morgan fingerprint density at radius 1 is 0.753 bits per heavy atom. The van der Waals surface area contributed by atoms with Gasteiger partial charge in [0.2, 0.25) is 29.5 Å². The summed E-state index contributed by atoms with van der Waals surface area (Å²) in [5.41, 5.74) is 2.05. The number of ketones is 3. The highest BCUT2D eigenvalue weighted by Gasteiger charge is 2.44. The van der Waals surface area contributed by atoms with E-state index in [2.05, 4.69) is 17.6 Å². The van der Waals surface area contributed by atoms with E-state index in [1.165, 1.54) is 24.0 Å². The quantitative estimate of drug-likeness (QED) is 0.0416. The SMILES string of the molecule is CCCCSC1CC(=O)N(CCCCCC(=O)N[C@H](C(=O)CNc2ccc(COC(=O)N(C)[C@H](C(=O)C[C@H](C(=O)N(C)C([C@@H](C)CC)[C@@H](CC(=O)N3CCC[C@H]3[C@H](OC)[C@@H](C)C(=O)C[C@H](C)[C@@H](O)c3ccccc3)OC)C(C)C)C(C)C)cc2)C(C)C)C1=O. The van der Waals surface area contributed by atoms with Gasteiger partial charge in [-0.25, -0.2) is 4.79 Å². The van der Waals surface area contributed by atoms with E-state index < -0.39 is 54.4 Å². The van der Waals surface area contributed by atoms with Crippen LogP contribution in [0.4, 0.5) is 10.5 Å². The predicted molar refractivity (Wildman–Crippen MR) is 349 cm³/mol. The van der Waals surface area contributed by atoms with Crippen molar-refractivity contribution in [1.29, 1.82) is 0 Å². The van der Waals surface area contributed by atoms with Gasteiger partial charge in [0.25, 0.3) is 0 Å². The van der Waals surface area contributed by atoms with Gasteiger partial charge >= 0.3 is 6.09 Å². The highest BCUT2D eigenvalue weighted by molar-refractivity contribution is 8.00. The molecule has 2 aromatic carbocycles. The fraction of sp³-hybridized carbons (Fsp3) is 0.696. The van der Waals surface area contributed by atoms with Crippen LogP contribution in [0.15, 0.2) is 54.6 Å². The van der Waals surface area contributed by atoms with Crippen LogP contribution in [-0.4, -0.2) is 173 Å². The third-order valence-electron chi connectivity index (χ3n) is 18.2. The lowest BCUT2D eigenvalue weighted by atomic mass is 9.83. The number of likely N-dealkylation sites (tertiary alicyclic amines) is 2. The van der Waals surface area contributed by atoms with Crippen molar-refractivity contribution < 1.29 is 62.5 Å². The standard InChI is InChI=1S/C69H108N6O13S/c1-16-18-36-89-58-40-61(81)75(68(58)84)34-24-20-23-29-59(79)71-62(44(5)6)56(78)41-70-51-32-30-49(31-33-51)42-88-69(85)73(13)63(45(7)8)55(77)38-52(43(3)4)67(83)72(12)64(46(9)17-2)57(86-14)39-60(80)74-35-25-28-53(74)66(87-15)48(11)54(76)37-47(10)65(82)50-26-21-19-22-27-50/h19,21-22,26-27,30-33,43-48,52-53,57-58,62-66,70,82H,16-18,20,23-25,28-29,34-42H2,1-15H3,(H,71,79)/t46-,47-,48-,52-,53-,57+,58?,62-,63-,64?,65+,66+/m0/s1. The monoisotopic (exact) mass is 1260 g/mol. The first-order valence-electron chi connectivity index (χ1n) is 32.6. The van der Waals surface area contributed by atoms with Crippen LogP contribution in [0.5, 0.6) is 0 Å². The lowest BCUT2D eigenvalue weighted by Gasteiger charge is -2.41. The maximum atomic E-state index is 14.8. The highest BCUT2D eigenvalue weighted by atomic mass is 32.2. The van der Waals surface area contributed by atoms with E-state index in [0.29, 0.717) is 56.4 Å². The molecule has 0 bridgehead atoms. The molecule has 19 nitrogen and oxygen atoms in total. The normalized spacial score (nSPS) is 18.6. The van der Waals surface area contributed by atoms with Gasteiger partial charge in [-0.15, -0.1) is 11.8 Å². The summed E-state index contributed by atoms with van der Waals surface area (Å²) in [5, 5.41) is 16.8. The molecule has 0 radical (unpaired) electrons. The van der Waals surface area contributed by atoms with E-state index in [0.717, 1.165) is 30.6 Å². The molecule has 6 amide bonds. The summed E-state index contributed by atoms with van der Waals surface area (Å²) in [6.07, 6.45) is 3.53.